The van der Waals surface area contributed by atoms with Crippen LogP contribution in [0.5, 0.6) is 0 Å². The smallest absolute Gasteiger partial charge is 0.261 e. The molecule has 2 aromatic rings. The molecule has 0 spiro atoms. The van der Waals surface area contributed by atoms with Crippen LogP contribution in [0.3, 0.4) is 0 Å². The molecule has 1 heterocycles. The summed E-state index contributed by atoms with van der Waals surface area (Å²) in [5.74, 6) is -0.821. The van der Waals surface area contributed by atoms with Gasteiger partial charge in [-0.05, 0) is 36.6 Å². The molecule has 3 amide bonds. The van der Waals surface area contributed by atoms with Crippen LogP contribution < -0.4 is 0 Å². The Morgan fingerprint density at radius 1 is 1.04 bits per heavy atom. The average molecular weight is 380 g/mol. The van der Waals surface area contributed by atoms with E-state index in [0.29, 0.717) is 42.8 Å². The number of methoxy groups -OCH3 is 1. The van der Waals surface area contributed by atoms with Crippen molar-refractivity contribution in [1.29, 1.82) is 0 Å². The lowest BCUT2D eigenvalue weighted by molar-refractivity contribution is 0.0655. The Morgan fingerprint density at radius 3 is 2.46 bits per heavy atom. The number of imide groups is 1. The second-order valence-electron chi connectivity index (χ2n) is 6.83. The van der Waals surface area contributed by atoms with E-state index in [0.717, 1.165) is 12.0 Å². The van der Waals surface area contributed by atoms with Gasteiger partial charge < -0.3 is 9.64 Å². The number of hydrogen-bond acceptors (Lipinski definition) is 4. The van der Waals surface area contributed by atoms with Crippen LogP contribution in [0.25, 0.3) is 0 Å². The fourth-order valence-corrected chi connectivity index (χ4v) is 3.28. The summed E-state index contributed by atoms with van der Waals surface area (Å²) in [5, 5.41) is 0. The molecule has 0 fully saturated rings. The van der Waals surface area contributed by atoms with E-state index in [2.05, 4.69) is 0 Å². The van der Waals surface area contributed by atoms with Gasteiger partial charge in [0.05, 0.1) is 11.1 Å². The molecule has 0 aromatic heterocycles. The van der Waals surface area contributed by atoms with Gasteiger partial charge in [0.2, 0.25) is 0 Å². The maximum atomic E-state index is 12.7. The number of fused-ring (bicyclic) bond motifs is 1. The Hall–Kier alpha value is -2.99. The fraction of sp³-hybridized carbons (Fsp3) is 0.318. The van der Waals surface area contributed by atoms with Gasteiger partial charge in [-0.2, -0.15) is 0 Å². The predicted molar refractivity (Wildman–Crippen MR) is 105 cm³/mol. The van der Waals surface area contributed by atoms with Crippen LogP contribution in [0.1, 0.15) is 43.1 Å². The van der Waals surface area contributed by atoms with E-state index < -0.39 is 0 Å². The fourth-order valence-electron chi connectivity index (χ4n) is 3.28. The Labute approximate surface area is 164 Å². The standard InChI is InChI=1S/C22H24N2O4/c1-23(12-6-14-28-2)20(25)17-9-10-18-19(15-17)22(27)24(21(18)26)13-11-16-7-4-3-5-8-16/h3-5,7-10,15H,6,11-14H2,1-2H3. The number of benzene rings is 2. The molecule has 146 valence electrons. The van der Waals surface area contributed by atoms with Gasteiger partial charge in [0.15, 0.2) is 0 Å². The third kappa shape index (κ3) is 4.12. The second-order valence-corrected chi connectivity index (χ2v) is 6.83. The molecule has 0 atom stereocenters. The highest BCUT2D eigenvalue weighted by atomic mass is 16.5. The van der Waals surface area contributed by atoms with Crippen molar-refractivity contribution in [3.8, 4) is 0 Å². The zero-order chi connectivity index (χ0) is 20.1. The molecule has 1 aliphatic rings. The molecule has 3 rings (SSSR count). The lowest BCUT2D eigenvalue weighted by Gasteiger charge is -2.17. The van der Waals surface area contributed by atoms with Crippen molar-refractivity contribution in [3.63, 3.8) is 0 Å². The maximum absolute atomic E-state index is 12.7. The zero-order valence-corrected chi connectivity index (χ0v) is 16.2. The van der Waals surface area contributed by atoms with Crippen molar-refractivity contribution in [1.82, 2.24) is 9.80 Å². The number of rotatable bonds is 8. The van der Waals surface area contributed by atoms with Gasteiger partial charge in [-0.25, -0.2) is 0 Å². The van der Waals surface area contributed by atoms with E-state index >= 15 is 0 Å². The summed E-state index contributed by atoms with van der Waals surface area (Å²) in [6.45, 7) is 1.45. The van der Waals surface area contributed by atoms with Gasteiger partial charge >= 0.3 is 0 Å². The zero-order valence-electron chi connectivity index (χ0n) is 16.2. The van der Waals surface area contributed by atoms with E-state index in [1.54, 1.807) is 31.2 Å². The monoisotopic (exact) mass is 380 g/mol. The van der Waals surface area contributed by atoms with Crippen LogP contribution >= 0.6 is 0 Å². The predicted octanol–water partition coefficient (Wildman–Crippen LogP) is 2.63. The molecule has 0 saturated carbocycles. The highest BCUT2D eigenvalue weighted by Gasteiger charge is 2.35. The van der Waals surface area contributed by atoms with Crippen LogP contribution in [0, 0.1) is 0 Å². The summed E-state index contributed by atoms with van der Waals surface area (Å²) >= 11 is 0. The molecule has 6 heteroatoms. The van der Waals surface area contributed by atoms with Crippen LogP contribution in [0.2, 0.25) is 0 Å². The Morgan fingerprint density at radius 2 is 1.75 bits per heavy atom. The highest BCUT2D eigenvalue weighted by molar-refractivity contribution is 6.22. The normalized spacial score (nSPS) is 13.0. The first-order chi connectivity index (χ1) is 13.5. The lowest BCUT2D eigenvalue weighted by Crippen LogP contribution is -2.31. The van der Waals surface area contributed by atoms with Crippen LogP contribution in [-0.2, 0) is 11.2 Å². The minimum atomic E-state index is -0.340. The molecule has 0 aliphatic carbocycles. The first-order valence-corrected chi connectivity index (χ1v) is 9.31. The maximum Gasteiger partial charge on any atom is 0.261 e. The number of nitrogens with zero attached hydrogens (tertiary/aromatic N) is 2. The third-order valence-electron chi connectivity index (χ3n) is 4.87. The Bertz CT molecular complexity index is 879. The quantitative estimate of drug-likeness (QED) is 0.522. The van der Waals surface area contributed by atoms with E-state index in [-0.39, 0.29) is 17.7 Å². The van der Waals surface area contributed by atoms with Crippen molar-refractivity contribution in [2.45, 2.75) is 12.8 Å². The first kappa shape index (κ1) is 19.8. The van der Waals surface area contributed by atoms with Gasteiger partial charge in [-0.1, -0.05) is 30.3 Å². The van der Waals surface area contributed by atoms with Gasteiger partial charge in [-0.3, -0.25) is 19.3 Å². The first-order valence-electron chi connectivity index (χ1n) is 9.31. The summed E-state index contributed by atoms with van der Waals surface area (Å²) in [6, 6.07) is 14.4. The molecule has 28 heavy (non-hydrogen) atoms. The van der Waals surface area contributed by atoms with E-state index in [4.69, 9.17) is 4.74 Å². The average Bonchev–Trinajstić information content (AvgIpc) is 2.96. The van der Waals surface area contributed by atoms with E-state index in [1.807, 2.05) is 30.3 Å². The molecule has 2 aromatic carbocycles. The molecule has 6 nitrogen and oxygen atoms in total. The van der Waals surface area contributed by atoms with Crippen molar-refractivity contribution < 1.29 is 19.1 Å². The molecular formula is C22H24N2O4. The summed E-state index contributed by atoms with van der Waals surface area (Å²) in [4.78, 5) is 40.8. The van der Waals surface area contributed by atoms with Gasteiger partial charge in [0.25, 0.3) is 17.7 Å². The van der Waals surface area contributed by atoms with E-state index in [9.17, 15) is 14.4 Å². The molecule has 0 N–H and O–H groups in total. The van der Waals surface area contributed by atoms with Crippen molar-refractivity contribution in [3.05, 3.63) is 70.8 Å². The van der Waals surface area contributed by atoms with E-state index in [1.165, 1.54) is 11.0 Å². The number of carbonyl (C=O) groups excluding carboxylic acids is 3. The summed E-state index contributed by atoms with van der Waals surface area (Å²) in [5.41, 5.74) is 2.13. The topological polar surface area (TPSA) is 66.9 Å². The van der Waals surface area contributed by atoms with Crippen molar-refractivity contribution in [2.75, 3.05) is 33.9 Å². The largest absolute Gasteiger partial charge is 0.385 e. The molecule has 0 saturated heterocycles. The summed E-state index contributed by atoms with van der Waals surface area (Å²) < 4.78 is 5.01. The minimum Gasteiger partial charge on any atom is -0.385 e. The SMILES string of the molecule is COCCCN(C)C(=O)c1ccc2c(c1)C(=O)N(CCc1ccccc1)C2=O. The lowest BCUT2D eigenvalue weighted by atomic mass is 10.0. The van der Waals surface area contributed by atoms with Gasteiger partial charge in [0, 0.05) is 39.4 Å². The van der Waals surface area contributed by atoms with Gasteiger partial charge in [-0.15, -0.1) is 0 Å². The number of hydrogen-bond donors (Lipinski definition) is 0. The summed E-state index contributed by atoms with van der Waals surface area (Å²) in [6.07, 6.45) is 1.33. The number of carbonyl (C=O) groups is 3. The Kier molecular flexibility index (Phi) is 6.21. The minimum absolute atomic E-state index is 0.179. The van der Waals surface area contributed by atoms with Crippen LogP contribution in [0.15, 0.2) is 48.5 Å². The highest BCUT2D eigenvalue weighted by Crippen LogP contribution is 2.25. The van der Waals surface area contributed by atoms with Crippen molar-refractivity contribution >= 4 is 17.7 Å². The van der Waals surface area contributed by atoms with Gasteiger partial charge in [0.1, 0.15) is 0 Å². The molecule has 0 radical (unpaired) electrons. The molecule has 0 unspecified atom stereocenters. The molecule has 1 aliphatic heterocycles. The van der Waals surface area contributed by atoms with Crippen LogP contribution in [-0.4, -0.2) is 61.4 Å². The molecular weight excluding hydrogens is 356 g/mol. The molecule has 0 bridgehead atoms. The Balaban J connectivity index is 1.71. The van der Waals surface area contributed by atoms with Crippen LogP contribution in [0.4, 0.5) is 0 Å². The number of amides is 3. The third-order valence-corrected chi connectivity index (χ3v) is 4.87. The second kappa shape index (κ2) is 8.80. The summed E-state index contributed by atoms with van der Waals surface area (Å²) in [7, 11) is 3.33. The van der Waals surface area contributed by atoms with Crippen molar-refractivity contribution in [2.24, 2.45) is 0 Å². The number of ether oxygens (including phenoxy) is 1.